The average Bonchev–Trinajstić information content (AvgIpc) is 2.40. The number of hydrogen-bond acceptors (Lipinski definition) is 3. The molecule has 0 radical (unpaired) electrons. The van der Waals surface area contributed by atoms with E-state index in [0.29, 0.717) is 29.7 Å². The van der Waals surface area contributed by atoms with Crippen molar-refractivity contribution < 1.29 is 14.6 Å². The molecule has 0 aliphatic heterocycles. The Hall–Kier alpha value is -1.26. The molecule has 1 unspecified atom stereocenters. The number of aliphatic carboxylic acids is 1. The molecule has 0 fully saturated rings. The van der Waals surface area contributed by atoms with Gasteiger partial charge >= 0.3 is 5.97 Å². The molecule has 21 heavy (non-hydrogen) atoms. The van der Waals surface area contributed by atoms with Crippen molar-refractivity contribution in [2.75, 3.05) is 6.54 Å². The molecule has 1 rings (SSSR count). The fraction of sp³-hybridized carbons (Fsp3) is 0.562. The summed E-state index contributed by atoms with van der Waals surface area (Å²) in [6, 6.07) is 5.27. The quantitative estimate of drug-likeness (QED) is 0.729. The Balaban J connectivity index is 2.82. The van der Waals surface area contributed by atoms with Crippen LogP contribution in [-0.4, -0.2) is 23.7 Å². The van der Waals surface area contributed by atoms with E-state index in [4.69, 9.17) is 16.3 Å². The molecule has 1 atom stereocenters. The molecule has 0 saturated carbocycles. The van der Waals surface area contributed by atoms with Gasteiger partial charge in [-0.3, -0.25) is 0 Å². The molecule has 118 valence electrons. The summed E-state index contributed by atoms with van der Waals surface area (Å²) in [7, 11) is 0. The second kappa shape index (κ2) is 8.90. The molecule has 0 aliphatic rings. The average molecular weight is 314 g/mol. The maximum atomic E-state index is 11.2. The van der Waals surface area contributed by atoms with Gasteiger partial charge in [-0.2, -0.15) is 0 Å². The van der Waals surface area contributed by atoms with Gasteiger partial charge in [-0.1, -0.05) is 38.8 Å². The van der Waals surface area contributed by atoms with Crippen LogP contribution in [0, 0.1) is 5.92 Å². The first-order valence-electron chi connectivity index (χ1n) is 7.32. The van der Waals surface area contributed by atoms with Gasteiger partial charge in [-0.05, 0) is 37.1 Å². The lowest BCUT2D eigenvalue weighted by molar-refractivity contribution is -0.145. The van der Waals surface area contributed by atoms with E-state index in [0.717, 1.165) is 18.5 Å². The Labute approximate surface area is 131 Å². The van der Waals surface area contributed by atoms with Crippen molar-refractivity contribution in [2.24, 2.45) is 5.92 Å². The predicted octanol–water partition coefficient (Wildman–Crippen LogP) is 3.72. The van der Waals surface area contributed by atoms with E-state index in [1.165, 1.54) is 0 Å². The van der Waals surface area contributed by atoms with Crippen molar-refractivity contribution in [1.82, 2.24) is 5.32 Å². The summed E-state index contributed by atoms with van der Waals surface area (Å²) in [4.78, 5) is 11.2. The van der Waals surface area contributed by atoms with Gasteiger partial charge in [0.2, 0.25) is 0 Å². The first-order chi connectivity index (χ1) is 9.93. The lowest BCUT2D eigenvalue weighted by atomic mass is 10.1. The van der Waals surface area contributed by atoms with Crippen LogP contribution < -0.4 is 10.1 Å². The Kier molecular flexibility index (Phi) is 7.54. The van der Waals surface area contributed by atoms with Crippen molar-refractivity contribution >= 4 is 17.6 Å². The summed E-state index contributed by atoms with van der Waals surface area (Å²) in [6.07, 6.45) is 0.419. The summed E-state index contributed by atoms with van der Waals surface area (Å²) in [5.74, 6) is 0.185. The van der Waals surface area contributed by atoms with Crippen LogP contribution >= 0.6 is 11.6 Å². The number of rotatable bonds is 9. The fourth-order valence-electron chi connectivity index (χ4n) is 1.94. The van der Waals surface area contributed by atoms with Crippen LogP contribution in [0.5, 0.6) is 5.75 Å². The van der Waals surface area contributed by atoms with Gasteiger partial charge in [0.25, 0.3) is 0 Å². The summed E-state index contributed by atoms with van der Waals surface area (Å²) in [5, 5.41) is 13.1. The molecule has 0 heterocycles. The maximum absolute atomic E-state index is 11.2. The van der Waals surface area contributed by atoms with Crippen LogP contribution in [0.1, 0.15) is 39.2 Å². The minimum Gasteiger partial charge on any atom is -0.479 e. The van der Waals surface area contributed by atoms with Crippen molar-refractivity contribution in [3.05, 3.63) is 28.8 Å². The third kappa shape index (κ3) is 6.36. The van der Waals surface area contributed by atoms with Crippen molar-refractivity contribution in [2.45, 2.75) is 46.3 Å². The SMILES string of the molecule is CCCC(Oc1ccc(Cl)cc1CNCC(C)C)C(=O)O. The van der Waals surface area contributed by atoms with Crippen LogP contribution in [-0.2, 0) is 11.3 Å². The molecular weight excluding hydrogens is 290 g/mol. The Morgan fingerprint density at radius 3 is 2.71 bits per heavy atom. The highest BCUT2D eigenvalue weighted by Crippen LogP contribution is 2.25. The van der Waals surface area contributed by atoms with E-state index < -0.39 is 12.1 Å². The normalized spacial score (nSPS) is 12.4. The Morgan fingerprint density at radius 2 is 2.14 bits per heavy atom. The summed E-state index contributed by atoms with van der Waals surface area (Å²) in [5.41, 5.74) is 0.880. The number of carbonyl (C=O) groups is 1. The molecule has 0 amide bonds. The predicted molar refractivity (Wildman–Crippen MR) is 85.0 cm³/mol. The lowest BCUT2D eigenvalue weighted by Gasteiger charge is -2.18. The molecule has 5 heteroatoms. The highest BCUT2D eigenvalue weighted by atomic mass is 35.5. The molecule has 4 nitrogen and oxygen atoms in total. The number of halogens is 1. The minimum absolute atomic E-state index is 0.483. The minimum atomic E-state index is -0.937. The number of nitrogens with one attached hydrogen (secondary N) is 1. The van der Waals surface area contributed by atoms with Crippen molar-refractivity contribution in [1.29, 1.82) is 0 Å². The largest absolute Gasteiger partial charge is 0.479 e. The van der Waals surface area contributed by atoms with Crippen LogP contribution in [0.25, 0.3) is 0 Å². The topological polar surface area (TPSA) is 58.6 Å². The van der Waals surface area contributed by atoms with Crippen molar-refractivity contribution in [3.63, 3.8) is 0 Å². The summed E-state index contributed by atoms with van der Waals surface area (Å²) in [6.45, 7) is 7.68. The van der Waals surface area contributed by atoms with Gasteiger partial charge in [0.1, 0.15) is 5.75 Å². The standard InChI is InChI=1S/C16H24ClNO3/c1-4-5-15(16(19)20)21-14-7-6-13(17)8-12(14)10-18-9-11(2)3/h6-8,11,15,18H,4-5,9-10H2,1-3H3,(H,19,20). The number of benzene rings is 1. The number of carboxylic acid groups (broad SMARTS) is 1. The summed E-state index contributed by atoms with van der Waals surface area (Å²) >= 11 is 6.02. The summed E-state index contributed by atoms with van der Waals surface area (Å²) < 4.78 is 5.66. The molecule has 0 saturated heterocycles. The van der Waals surface area contributed by atoms with Crippen LogP contribution in [0.4, 0.5) is 0 Å². The van der Waals surface area contributed by atoms with E-state index in [-0.39, 0.29) is 0 Å². The molecule has 1 aromatic carbocycles. The molecule has 0 spiro atoms. The number of ether oxygens (including phenoxy) is 1. The monoisotopic (exact) mass is 313 g/mol. The van der Waals surface area contributed by atoms with Gasteiger partial charge in [0, 0.05) is 17.1 Å². The van der Waals surface area contributed by atoms with E-state index in [1.54, 1.807) is 12.1 Å². The molecule has 0 aliphatic carbocycles. The van der Waals surface area contributed by atoms with Crippen LogP contribution in [0.3, 0.4) is 0 Å². The van der Waals surface area contributed by atoms with Crippen LogP contribution in [0.15, 0.2) is 18.2 Å². The molecular formula is C16H24ClNO3. The zero-order valence-electron chi connectivity index (χ0n) is 12.9. The second-order valence-corrected chi connectivity index (χ2v) is 5.95. The third-order valence-electron chi connectivity index (χ3n) is 2.99. The van der Waals surface area contributed by atoms with Gasteiger partial charge < -0.3 is 15.2 Å². The Bertz CT molecular complexity index is 463. The highest BCUT2D eigenvalue weighted by molar-refractivity contribution is 6.30. The third-order valence-corrected chi connectivity index (χ3v) is 3.22. The lowest BCUT2D eigenvalue weighted by Crippen LogP contribution is -2.27. The first kappa shape index (κ1) is 17.8. The molecule has 2 N–H and O–H groups in total. The van der Waals surface area contributed by atoms with E-state index in [1.807, 2.05) is 13.0 Å². The molecule has 1 aromatic rings. The van der Waals surface area contributed by atoms with E-state index >= 15 is 0 Å². The van der Waals surface area contributed by atoms with Gasteiger partial charge in [-0.15, -0.1) is 0 Å². The first-order valence-corrected chi connectivity index (χ1v) is 7.70. The highest BCUT2D eigenvalue weighted by Gasteiger charge is 2.19. The number of hydrogen-bond donors (Lipinski definition) is 2. The molecule has 0 aromatic heterocycles. The van der Waals surface area contributed by atoms with E-state index in [9.17, 15) is 9.90 Å². The second-order valence-electron chi connectivity index (χ2n) is 5.51. The zero-order chi connectivity index (χ0) is 15.8. The number of carboxylic acids is 1. The molecule has 0 bridgehead atoms. The Morgan fingerprint density at radius 1 is 1.43 bits per heavy atom. The maximum Gasteiger partial charge on any atom is 0.344 e. The zero-order valence-corrected chi connectivity index (χ0v) is 13.6. The van der Waals surface area contributed by atoms with Gasteiger partial charge in [-0.25, -0.2) is 4.79 Å². The fourth-order valence-corrected chi connectivity index (χ4v) is 2.14. The van der Waals surface area contributed by atoms with E-state index in [2.05, 4.69) is 19.2 Å². The van der Waals surface area contributed by atoms with Gasteiger partial charge in [0.15, 0.2) is 6.10 Å². The van der Waals surface area contributed by atoms with Crippen LogP contribution in [0.2, 0.25) is 5.02 Å². The smallest absolute Gasteiger partial charge is 0.344 e. The van der Waals surface area contributed by atoms with Gasteiger partial charge in [0.05, 0.1) is 0 Å². The van der Waals surface area contributed by atoms with Crippen molar-refractivity contribution in [3.8, 4) is 5.75 Å².